The molecule has 1 aliphatic heterocycles. The summed E-state index contributed by atoms with van der Waals surface area (Å²) in [4.78, 5) is 0. The third-order valence-corrected chi connectivity index (χ3v) is 7.16. The minimum absolute atomic E-state index is 0.0126. The second-order valence-electron chi connectivity index (χ2n) is 9.93. The van der Waals surface area contributed by atoms with Crippen molar-refractivity contribution in [1.29, 1.82) is 0 Å². The molecular weight excluding hydrogens is 477 g/mol. The second-order valence-corrected chi connectivity index (χ2v) is 9.93. The molecule has 0 radical (unpaired) electrons. The van der Waals surface area contributed by atoms with Crippen LogP contribution in [0, 0.1) is 5.92 Å². The summed E-state index contributed by atoms with van der Waals surface area (Å²) in [6.45, 7) is 4.26. The largest absolute Gasteiger partial charge is 0.487 e. The molecule has 4 rings (SSSR count). The Morgan fingerprint density at radius 3 is 2.50 bits per heavy atom. The van der Waals surface area contributed by atoms with Gasteiger partial charge in [-0.05, 0) is 68.5 Å². The summed E-state index contributed by atoms with van der Waals surface area (Å²) in [5.41, 5.74) is 0.0411. The fraction of sp³-hybridized carbons (Fsp3) is 0.556. The van der Waals surface area contributed by atoms with Crippen LogP contribution in [0.4, 0.5) is 13.2 Å². The van der Waals surface area contributed by atoms with Crippen molar-refractivity contribution in [3.63, 3.8) is 0 Å². The van der Waals surface area contributed by atoms with Crippen LogP contribution < -0.4 is 9.47 Å². The van der Waals surface area contributed by atoms with Crippen LogP contribution in [0.25, 0.3) is 0 Å². The lowest BCUT2D eigenvalue weighted by Gasteiger charge is -2.49. The van der Waals surface area contributed by atoms with Gasteiger partial charge in [0.05, 0.1) is 11.7 Å². The minimum Gasteiger partial charge on any atom is -0.487 e. The standard InChI is InChI=1S/C27H33F3O6/c1-26(2)21-9-8-19(34-14-32-3)13-20(21)24-22(35-15-33-4)11-17(12-23(24)36-26)25(31)16-6-5-7-18(10-16)27(28,29)30/h5-7,10-12,19-21,25,31H,8-9,13-15H2,1-4H3/t19-,20-,21-,25?/m1/s1. The molecule has 1 N–H and O–H groups in total. The third kappa shape index (κ3) is 5.49. The monoisotopic (exact) mass is 510 g/mol. The number of alkyl halides is 3. The lowest BCUT2D eigenvalue weighted by molar-refractivity contribution is -0.137. The summed E-state index contributed by atoms with van der Waals surface area (Å²) in [5, 5.41) is 11.1. The molecule has 1 heterocycles. The van der Waals surface area contributed by atoms with E-state index in [0.717, 1.165) is 37.0 Å². The van der Waals surface area contributed by atoms with Crippen molar-refractivity contribution in [2.24, 2.45) is 5.92 Å². The Hall–Kier alpha value is -2.33. The summed E-state index contributed by atoms with van der Waals surface area (Å²) < 4.78 is 68.3. The molecule has 198 valence electrons. The van der Waals surface area contributed by atoms with Gasteiger partial charge in [-0.2, -0.15) is 13.2 Å². The van der Waals surface area contributed by atoms with E-state index >= 15 is 0 Å². The quantitative estimate of drug-likeness (QED) is 0.452. The highest BCUT2D eigenvalue weighted by Gasteiger charge is 2.48. The summed E-state index contributed by atoms with van der Waals surface area (Å²) >= 11 is 0. The maximum atomic E-state index is 13.3. The number of ether oxygens (including phenoxy) is 5. The first-order chi connectivity index (χ1) is 17.0. The molecule has 2 aliphatic rings. The van der Waals surface area contributed by atoms with E-state index in [1.807, 2.05) is 13.8 Å². The summed E-state index contributed by atoms with van der Waals surface area (Å²) in [6.07, 6.45) is -3.29. The van der Waals surface area contributed by atoms with E-state index < -0.39 is 23.4 Å². The van der Waals surface area contributed by atoms with E-state index in [1.165, 1.54) is 19.2 Å². The van der Waals surface area contributed by atoms with Crippen molar-refractivity contribution in [2.75, 3.05) is 27.8 Å². The molecule has 0 amide bonds. The van der Waals surface area contributed by atoms with Gasteiger partial charge in [0.15, 0.2) is 6.79 Å². The second kappa shape index (κ2) is 10.6. The number of hydrogen-bond donors (Lipinski definition) is 1. The predicted molar refractivity (Wildman–Crippen MR) is 126 cm³/mol. The fourth-order valence-electron chi connectivity index (χ4n) is 5.51. The van der Waals surface area contributed by atoms with E-state index in [1.54, 1.807) is 19.2 Å². The van der Waals surface area contributed by atoms with Crippen molar-refractivity contribution in [3.05, 3.63) is 58.7 Å². The van der Waals surface area contributed by atoms with Crippen molar-refractivity contribution in [2.45, 2.75) is 63.0 Å². The van der Waals surface area contributed by atoms with Crippen LogP contribution in [0.2, 0.25) is 0 Å². The van der Waals surface area contributed by atoms with E-state index in [9.17, 15) is 18.3 Å². The molecule has 0 bridgehead atoms. The van der Waals surface area contributed by atoms with Crippen molar-refractivity contribution in [1.82, 2.24) is 0 Å². The first-order valence-electron chi connectivity index (χ1n) is 12.0. The molecule has 0 aromatic heterocycles. The number of hydrogen-bond acceptors (Lipinski definition) is 6. The van der Waals surface area contributed by atoms with Crippen molar-refractivity contribution < 1.29 is 42.0 Å². The smallest absolute Gasteiger partial charge is 0.416 e. The topological polar surface area (TPSA) is 66.4 Å². The van der Waals surface area contributed by atoms with E-state index in [0.29, 0.717) is 17.1 Å². The fourth-order valence-corrected chi connectivity index (χ4v) is 5.51. The molecule has 9 heteroatoms. The number of fused-ring (bicyclic) bond motifs is 3. The Kier molecular flexibility index (Phi) is 7.85. The van der Waals surface area contributed by atoms with Gasteiger partial charge >= 0.3 is 6.18 Å². The highest BCUT2D eigenvalue weighted by molar-refractivity contribution is 5.54. The predicted octanol–water partition coefficient (Wildman–Crippen LogP) is 5.81. The van der Waals surface area contributed by atoms with E-state index in [4.69, 9.17) is 23.7 Å². The molecule has 0 spiro atoms. The molecule has 0 saturated heterocycles. The van der Waals surface area contributed by atoms with Gasteiger partial charge in [0.2, 0.25) is 0 Å². The molecule has 2 aromatic rings. The van der Waals surface area contributed by atoms with Crippen LogP contribution in [0.5, 0.6) is 11.5 Å². The van der Waals surface area contributed by atoms with E-state index in [-0.39, 0.29) is 37.1 Å². The van der Waals surface area contributed by atoms with Gasteiger partial charge in [-0.15, -0.1) is 0 Å². The molecule has 6 nitrogen and oxygen atoms in total. The molecule has 1 unspecified atom stereocenters. The molecule has 1 aliphatic carbocycles. The zero-order valence-corrected chi connectivity index (χ0v) is 20.9. The Balaban J connectivity index is 1.75. The number of methoxy groups -OCH3 is 2. The van der Waals surface area contributed by atoms with Crippen LogP contribution in [0.15, 0.2) is 36.4 Å². The molecular formula is C27H33F3O6. The average Bonchev–Trinajstić information content (AvgIpc) is 2.84. The Morgan fingerprint density at radius 2 is 1.81 bits per heavy atom. The maximum Gasteiger partial charge on any atom is 0.416 e. The highest BCUT2D eigenvalue weighted by atomic mass is 19.4. The zero-order valence-electron chi connectivity index (χ0n) is 20.9. The Bertz CT molecular complexity index is 1050. The molecule has 1 fully saturated rings. The van der Waals surface area contributed by atoms with Gasteiger partial charge in [0, 0.05) is 31.6 Å². The number of halogens is 3. The van der Waals surface area contributed by atoms with E-state index in [2.05, 4.69) is 0 Å². The normalized spacial score (nSPS) is 23.8. The van der Waals surface area contributed by atoms with Gasteiger partial charge in [-0.25, -0.2) is 0 Å². The lowest BCUT2D eigenvalue weighted by Crippen LogP contribution is -2.48. The van der Waals surface area contributed by atoms with Crippen LogP contribution in [-0.4, -0.2) is 44.6 Å². The van der Waals surface area contributed by atoms with Gasteiger partial charge in [0.25, 0.3) is 0 Å². The lowest BCUT2D eigenvalue weighted by atomic mass is 9.65. The summed E-state index contributed by atoms with van der Waals surface area (Å²) in [7, 11) is 3.10. The average molecular weight is 511 g/mol. The summed E-state index contributed by atoms with van der Waals surface area (Å²) in [6, 6.07) is 8.06. The highest BCUT2D eigenvalue weighted by Crippen LogP contribution is 2.55. The van der Waals surface area contributed by atoms with Crippen LogP contribution in [-0.2, 0) is 20.4 Å². The molecule has 36 heavy (non-hydrogen) atoms. The Labute approximate surface area is 209 Å². The minimum atomic E-state index is -4.51. The van der Waals surface area contributed by atoms with Crippen LogP contribution in [0.3, 0.4) is 0 Å². The molecule has 4 atom stereocenters. The van der Waals surface area contributed by atoms with Crippen LogP contribution in [0.1, 0.15) is 67.4 Å². The SMILES string of the molecule is COCOc1cc(C(O)c2cccc(C(F)(F)F)c2)cc2c1[C@@H]1C[C@H](OCOC)CC[C@H]1C(C)(C)O2. The number of rotatable bonds is 8. The van der Waals surface area contributed by atoms with Gasteiger partial charge < -0.3 is 28.8 Å². The van der Waals surface area contributed by atoms with Crippen molar-refractivity contribution >= 4 is 0 Å². The van der Waals surface area contributed by atoms with Gasteiger partial charge in [0.1, 0.15) is 30.0 Å². The number of aliphatic hydroxyl groups is 1. The number of aliphatic hydroxyl groups excluding tert-OH is 1. The maximum absolute atomic E-state index is 13.3. The van der Waals surface area contributed by atoms with Crippen molar-refractivity contribution in [3.8, 4) is 11.5 Å². The summed E-state index contributed by atoms with van der Waals surface area (Å²) in [5.74, 6) is 1.29. The molecule has 1 saturated carbocycles. The first kappa shape index (κ1) is 26.7. The Morgan fingerprint density at radius 1 is 1.06 bits per heavy atom. The third-order valence-electron chi connectivity index (χ3n) is 7.16. The number of benzene rings is 2. The zero-order chi connectivity index (χ0) is 26.1. The van der Waals surface area contributed by atoms with Crippen LogP contribution >= 0.6 is 0 Å². The van der Waals surface area contributed by atoms with Gasteiger partial charge in [-0.1, -0.05) is 12.1 Å². The molecule has 2 aromatic carbocycles. The van der Waals surface area contributed by atoms with Gasteiger partial charge in [-0.3, -0.25) is 0 Å². The first-order valence-corrected chi connectivity index (χ1v) is 12.0.